The van der Waals surface area contributed by atoms with E-state index in [0.29, 0.717) is 0 Å². The van der Waals surface area contributed by atoms with Gasteiger partial charge in [-0.05, 0) is 79.6 Å². The fourth-order valence-corrected chi connectivity index (χ4v) is 7.87. The second-order valence-electron chi connectivity index (χ2n) is 9.49. The van der Waals surface area contributed by atoms with Crippen molar-refractivity contribution in [1.29, 1.82) is 0 Å². The number of thiophene rings is 1. The second-order valence-corrected chi connectivity index (χ2v) is 11.8. The highest BCUT2D eigenvalue weighted by atomic mass is 127. The van der Waals surface area contributed by atoms with E-state index in [1.54, 1.807) is 0 Å². The molecule has 0 amide bonds. The van der Waals surface area contributed by atoms with Crippen LogP contribution in [0.5, 0.6) is 0 Å². The maximum atomic E-state index is 2.43. The van der Waals surface area contributed by atoms with Crippen LogP contribution in [0.1, 0.15) is 25.0 Å². The van der Waals surface area contributed by atoms with E-state index in [1.807, 2.05) is 11.3 Å². The smallest absolute Gasteiger partial charge is 0.0434 e. The molecule has 0 nitrogen and oxygen atoms in total. The first-order chi connectivity index (χ1) is 16.0. The van der Waals surface area contributed by atoms with Gasteiger partial charge in [0, 0.05) is 34.5 Å². The molecule has 1 aromatic heterocycles. The average Bonchev–Trinajstić information content (AvgIpc) is 3.32. The lowest BCUT2D eigenvalue weighted by atomic mass is 9.82. The molecular formula is C31H21IS. The van der Waals surface area contributed by atoms with Crippen molar-refractivity contribution in [3.05, 3.63) is 106 Å². The highest BCUT2D eigenvalue weighted by Gasteiger charge is 2.37. The predicted molar refractivity (Wildman–Crippen MR) is 153 cm³/mol. The summed E-state index contributed by atoms with van der Waals surface area (Å²) in [4.78, 5) is 0. The van der Waals surface area contributed by atoms with E-state index in [4.69, 9.17) is 0 Å². The highest BCUT2D eigenvalue weighted by Crippen LogP contribution is 2.54. The Bertz CT molecular complexity index is 1750. The van der Waals surface area contributed by atoms with Crippen LogP contribution in [0.3, 0.4) is 0 Å². The van der Waals surface area contributed by atoms with Crippen molar-refractivity contribution in [3.8, 4) is 22.3 Å². The van der Waals surface area contributed by atoms with Gasteiger partial charge in [-0.15, -0.1) is 11.3 Å². The van der Waals surface area contributed by atoms with E-state index in [9.17, 15) is 0 Å². The zero-order chi connectivity index (χ0) is 22.3. The standard InChI is InChI=1S/C31H21IS/c1-31(2)27-13-6-5-11-21(27)22-14-15-24-26-17-25(18-8-7-9-19(32)16-18)20-10-3-4-12-23(20)29(26)33-30(24)28(22)31/h3-17H,1-2H3. The molecule has 0 fully saturated rings. The largest absolute Gasteiger partial charge is 0.134 e. The summed E-state index contributed by atoms with van der Waals surface area (Å²) in [7, 11) is 0. The van der Waals surface area contributed by atoms with Crippen molar-refractivity contribution in [3.63, 3.8) is 0 Å². The molecule has 0 unspecified atom stereocenters. The Morgan fingerprint density at radius 1 is 0.606 bits per heavy atom. The maximum absolute atomic E-state index is 2.43. The summed E-state index contributed by atoms with van der Waals surface area (Å²) in [5, 5.41) is 5.44. The third-order valence-electron chi connectivity index (χ3n) is 7.30. The Balaban J connectivity index is 1.63. The Hall–Kier alpha value is -2.69. The third kappa shape index (κ3) is 2.68. The van der Waals surface area contributed by atoms with E-state index < -0.39 is 0 Å². The summed E-state index contributed by atoms with van der Waals surface area (Å²) in [5.74, 6) is 0. The molecule has 2 heteroatoms. The molecule has 1 aliphatic carbocycles. The molecule has 0 saturated carbocycles. The lowest BCUT2D eigenvalue weighted by molar-refractivity contribution is 0.667. The molecule has 0 bridgehead atoms. The molecule has 0 N–H and O–H groups in total. The minimum atomic E-state index is 0.000485. The molecule has 6 aromatic rings. The van der Waals surface area contributed by atoms with Gasteiger partial charge in [-0.2, -0.15) is 0 Å². The van der Waals surface area contributed by atoms with Crippen molar-refractivity contribution >= 4 is 64.9 Å². The van der Waals surface area contributed by atoms with Gasteiger partial charge >= 0.3 is 0 Å². The van der Waals surface area contributed by atoms with Gasteiger partial charge in [0.1, 0.15) is 0 Å². The molecule has 1 aliphatic rings. The van der Waals surface area contributed by atoms with E-state index >= 15 is 0 Å². The second kappa shape index (κ2) is 6.91. The van der Waals surface area contributed by atoms with Crippen LogP contribution in [-0.4, -0.2) is 0 Å². The average molecular weight is 552 g/mol. The third-order valence-corrected chi connectivity index (χ3v) is 9.24. The van der Waals surface area contributed by atoms with Gasteiger partial charge in [0.2, 0.25) is 0 Å². The predicted octanol–water partition coefficient (Wildman–Crippen LogP) is 9.79. The Labute approximate surface area is 211 Å². The SMILES string of the molecule is CC1(C)c2ccccc2-c2ccc3c(sc4c5ccccc5c(-c5cccc(I)c5)cc34)c21. The first-order valence-corrected chi connectivity index (χ1v) is 13.2. The summed E-state index contributed by atoms with van der Waals surface area (Å²) >= 11 is 4.39. The van der Waals surface area contributed by atoms with Crippen molar-refractivity contribution in [1.82, 2.24) is 0 Å². The fraction of sp³-hybridized carbons (Fsp3) is 0.0968. The molecule has 0 saturated heterocycles. The molecule has 0 spiro atoms. The van der Waals surface area contributed by atoms with Crippen LogP contribution < -0.4 is 0 Å². The zero-order valence-corrected chi connectivity index (χ0v) is 21.4. The zero-order valence-electron chi connectivity index (χ0n) is 18.4. The van der Waals surface area contributed by atoms with Gasteiger partial charge in [0.25, 0.3) is 0 Å². The number of hydrogen-bond donors (Lipinski definition) is 0. The lowest BCUT2D eigenvalue weighted by Gasteiger charge is -2.22. The van der Waals surface area contributed by atoms with Crippen molar-refractivity contribution in [2.24, 2.45) is 0 Å². The number of halogens is 1. The topological polar surface area (TPSA) is 0 Å². The van der Waals surface area contributed by atoms with Gasteiger partial charge in [-0.1, -0.05) is 86.6 Å². The Morgan fingerprint density at radius 2 is 1.36 bits per heavy atom. The molecule has 0 aliphatic heterocycles. The number of benzene rings is 5. The molecule has 1 heterocycles. The summed E-state index contributed by atoms with van der Waals surface area (Å²) in [6, 6.07) is 33.8. The fourth-order valence-electron chi connectivity index (χ4n) is 5.80. The van der Waals surface area contributed by atoms with Crippen LogP contribution in [0.25, 0.3) is 53.2 Å². The first kappa shape index (κ1) is 19.7. The van der Waals surface area contributed by atoms with Crippen LogP contribution in [-0.2, 0) is 5.41 Å². The molecule has 0 atom stereocenters. The number of fused-ring (bicyclic) bond motifs is 9. The van der Waals surface area contributed by atoms with Gasteiger partial charge in [0.05, 0.1) is 0 Å². The molecule has 33 heavy (non-hydrogen) atoms. The van der Waals surface area contributed by atoms with Crippen LogP contribution in [0.4, 0.5) is 0 Å². The Morgan fingerprint density at radius 3 is 2.21 bits per heavy atom. The van der Waals surface area contributed by atoms with Crippen LogP contribution >= 0.6 is 33.9 Å². The van der Waals surface area contributed by atoms with Crippen molar-refractivity contribution < 1.29 is 0 Å². The summed E-state index contributed by atoms with van der Waals surface area (Å²) in [6.07, 6.45) is 0. The van der Waals surface area contributed by atoms with Gasteiger partial charge in [-0.3, -0.25) is 0 Å². The lowest BCUT2D eigenvalue weighted by Crippen LogP contribution is -2.14. The van der Waals surface area contributed by atoms with E-state index in [1.165, 1.54) is 67.9 Å². The minimum Gasteiger partial charge on any atom is -0.134 e. The summed E-state index contributed by atoms with van der Waals surface area (Å²) < 4.78 is 4.10. The van der Waals surface area contributed by atoms with Gasteiger partial charge in [0.15, 0.2) is 0 Å². The molecule has 7 rings (SSSR count). The molecule has 0 radical (unpaired) electrons. The monoisotopic (exact) mass is 552 g/mol. The van der Waals surface area contributed by atoms with E-state index in [2.05, 4.69) is 127 Å². The van der Waals surface area contributed by atoms with Crippen molar-refractivity contribution in [2.75, 3.05) is 0 Å². The normalized spacial score (nSPS) is 14.2. The maximum Gasteiger partial charge on any atom is 0.0434 e. The van der Waals surface area contributed by atoms with Crippen LogP contribution in [0, 0.1) is 3.57 Å². The van der Waals surface area contributed by atoms with Crippen molar-refractivity contribution in [2.45, 2.75) is 19.3 Å². The van der Waals surface area contributed by atoms with E-state index in [0.717, 1.165) is 0 Å². The van der Waals surface area contributed by atoms with Gasteiger partial charge < -0.3 is 0 Å². The van der Waals surface area contributed by atoms with E-state index in [-0.39, 0.29) is 5.41 Å². The quantitative estimate of drug-likeness (QED) is 0.178. The van der Waals surface area contributed by atoms with Crippen LogP contribution in [0.2, 0.25) is 0 Å². The molecule has 158 valence electrons. The number of hydrogen-bond acceptors (Lipinski definition) is 1. The Kier molecular flexibility index (Phi) is 4.13. The number of rotatable bonds is 1. The van der Waals surface area contributed by atoms with Crippen LogP contribution in [0.15, 0.2) is 91.0 Å². The van der Waals surface area contributed by atoms with Gasteiger partial charge in [-0.25, -0.2) is 0 Å². The minimum absolute atomic E-state index is 0.000485. The summed E-state index contributed by atoms with van der Waals surface area (Å²) in [5.41, 5.74) is 8.32. The molecule has 5 aromatic carbocycles. The molecular weight excluding hydrogens is 531 g/mol. The highest BCUT2D eigenvalue weighted by molar-refractivity contribution is 14.1. The first-order valence-electron chi connectivity index (χ1n) is 11.3. The summed E-state index contributed by atoms with van der Waals surface area (Å²) in [6.45, 7) is 4.77.